The second kappa shape index (κ2) is 6.35. The fourth-order valence-electron chi connectivity index (χ4n) is 1.59. The highest BCUT2D eigenvalue weighted by molar-refractivity contribution is 9.10. The molecule has 0 bridgehead atoms. The van der Waals surface area contributed by atoms with Crippen LogP contribution in [0.1, 0.15) is 5.56 Å². The molecular formula is C14H11BrFN3O. The van der Waals surface area contributed by atoms with E-state index >= 15 is 0 Å². The Morgan fingerprint density at radius 2 is 2.10 bits per heavy atom. The van der Waals surface area contributed by atoms with E-state index in [0.717, 1.165) is 5.56 Å². The van der Waals surface area contributed by atoms with Gasteiger partial charge in [0.25, 0.3) is 5.56 Å². The second-order valence-corrected chi connectivity index (χ2v) is 4.81. The Morgan fingerprint density at radius 3 is 2.75 bits per heavy atom. The van der Waals surface area contributed by atoms with Crippen LogP contribution in [0.5, 0.6) is 0 Å². The molecule has 1 aromatic carbocycles. The van der Waals surface area contributed by atoms with Crippen molar-refractivity contribution < 1.29 is 4.39 Å². The number of aromatic nitrogens is 2. The maximum Gasteiger partial charge on any atom is 0.284 e. The minimum Gasteiger partial charge on any atom is -0.379 e. The molecule has 1 N–H and O–H groups in total. The number of nitrogens with zero attached hydrogens (tertiary/aromatic N) is 2. The topological polar surface area (TPSA) is 46.9 Å². The molecule has 1 heterocycles. The van der Waals surface area contributed by atoms with Gasteiger partial charge in [-0.05, 0) is 33.6 Å². The van der Waals surface area contributed by atoms with Gasteiger partial charge in [0.15, 0.2) is 0 Å². The third-order valence-electron chi connectivity index (χ3n) is 2.62. The number of rotatable bonds is 4. The molecule has 1 aromatic heterocycles. The van der Waals surface area contributed by atoms with E-state index < -0.39 is 0 Å². The Balaban J connectivity index is 2.14. The number of halogens is 2. The number of benzene rings is 1. The van der Waals surface area contributed by atoms with Crippen LogP contribution in [-0.4, -0.2) is 9.78 Å². The average Bonchev–Trinajstić information content (AvgIpc) is 2.45. The molecule has 0 aliphatic heterocycles. The van der Waals surface area contributed by atoms with Gasteiger partial charge in [-0.15, -0.1) is 6.42 Å². The molecule has 0 aliphatic carbocycles. The Bertz CT molecular complexity index is 704. The molecule has 0 saturated carbocycles. The molecule has 2 rings (SSSR count). The Hall–Kier alpha value is -2.13. The van der Waals surface area contributed by atoms with Crippen molar-refractivity contribution in [1.29, 1.82) is 0 Å². The van der Waals surface area contributed by atoms with E-state index in [1.54, 1.807) is 12.1 Å². The monoisotopic (exact) mass is 335 g/mol. The first-order valence-electron chi connectivity index (χ1n) is 5.79. The maximum atomic E-state index is 12.8. The first kappa shape index (κ1) is 14.3. The SMILES string of the molecule is C#CCn1ncc(NCc2ccc(F)cc2)c(Br)c1=O. The molecule has 0 unspecified atom stereocenters. The molecule has 0 saturated heterocycles. The zero-order valence-electron chi connectivity index (χ0n) is 10.4. The highest BCUT2D eigenvalue weighted by Crippen LogP contribution is 2.17. The number of hydrogen-bond donors (Lipinski definition) is 1. The minimum atomic E-state index is -0.299. The summed E-state index contributed by atoms with van der Waals surface area (Å²) in [4.78, 5) is 11.9. The smallest absolute Gasteiger partial charge is 0.284 e. The van der Waals surface area contributed by atoms with E-state index in [2.05, 4.69) is 32.3 Å². The lowest BCUT2D eigenvalue weighted by Gasteiger charge is -2.09. The van der Waals surface area contributed by atoms with Gasteiger partial charge in [0.05, 0.1) is 11.9 Å². The van der Waals surface area contributed by atoms with Gasteiger partial charge in [-0.3, -0.25) is 4.79 Å². The summed E-state index contributed by atoms with van der Waals surface area (Å²) in [6, 6.07) is 6.11. The van der Waals surface area contributed by atoms with Gasteiger partial charge < -0.3 is 5.32 Å². The lowest BCUT2D eigenvalue weighted by Crippen LogP contribution is -2.24. The molecule has 2 aromatic rings. The molecule has 0 amide bonds. The van der Waals surface area contributed by atoms with Crippen molar-refractivity contribution >= 4 is 21.6 Å². The van der Waals surface area contributed by atoms with Crippen molar-refractivity contribution in [2.24, 2.45) is 0 Å². The summed E-state index contributed by atoms with van der Waals surface area (Å²) in [6.45, 7) is 0.578. The van der Waals surface area contributed by atoms with Crippen LogP contribution in [0.2, 0.25) is 0 Å². The van der Waals surface area contributed by atoms with E-state index in [1.165, 1.54) is 23.0 Å². The van der Waals surface area contributed by atoms with Crippen molar-refractivity contribution in [3.05, 3.63) is 56.7 Å². The van der Waals surface area contributed by atoms with Crippen LogP contribution < -0.4 is 10.9 Å². The zero-order valence-corrected chi connectivity index (χ0v) is 12.0. The minimum absolute atomic E-state index is 0.121. The van der Waals surface area contributed by atoms with Crippen LogP contribution in [0.4, 0.5) is 10.1 Å². The lowest BCUT2D eigenvalue weighted by atomic mass is 10.2. The number of anilines is 1. The van der Waals surface area contributed by atoms with Crippen molar-refractivity contribution in [2.75, 3.05) is 5.32 Å². The normalized spacial score (nSPS) is 10.1. The molecule has 102 valence electrons. The molecular weight excluding hydrogens is 325 g/mol. The standard InChI is InChI=1S/C14H11BrFN3O/c1-2-7-19-14(20)13(15)12(9-18-19)17-8-10-3-5-11(16)6-4-10/h1,3-6,9,17H,7-8H2. The number of nitrogens with one attached hydrogen (secondary N) is 1. The highest BCUT2D eigenvalue weighted by Gasteiger charge is 2.07. The zero-order chi connectivity index (χ0) is 14.5. The van der Waals surface area contributed by atoms with Crippen molar-refractivity contribution in [3.63, 3.8) is 0 Å². The first-order chi connectivity index (χ1) is 9.61. The van der Waals surface area contributed by atoms with Gasteiger partial charge in [-0.2, -0.15) is 5.10 Å². The van der Waals surface area contributed by atoms with Crippen molar-refractivity contribution in [2.45, 2.75) is 13.1 Å². The molecule has 0 spiro atoms. The van der Waals surface area contributed by atoms with E-state index in [4.69, 9.17) is 6.42 Å². The summed E-state index contributed by atoms with van der Waals surface area (Å²) >= 11 is 3.22. The summed E-state index contributed by atoms with van der Waals surface area (Å²) in [5, 5.41) is 7.03. The maximum absolute atomic E-state index is 12.8. The second-order valence-electron chi connectivity index (χ2n) is 4.02. The largest absolute Gasteiger partial charge is 0.379 e. The molecule has 0 fully saturated rings. The van der Waals surface area contributed by atoms with Gasteiger partial charge >= 0.3 is 0 Å². The summed E-state index contributed by atoms with van der Waals surface area (Å²) in [7, 11) is 0. The van der Waals surface area contributed by atoms with Gasteiger partial charge in [0.2, 0.25) is 0 Å². The summed E-state index contributed by atoms with van der Waals surface area (Å²) in [6.07, 6.45) is 6.67. The molecule has 6 heteroatoms. The van der Waals surface area contributed by atoms with Gasteiger partial charge in [0.1, 0.15) is 16.8 Å². The average molecular weight is 336 g/mol. The summed E-state index contributed by atoms with van der Waals surface area (Å²) < 4.78 is 14.3. The molecule has 4 nitrogen and oxygen atoms in total. The van der Waals surface area contributed by atoms with E-state index in [0.29, 0.717) is 16.7 Å². The quantitative estimate of drug-likeness (QED) is 0.872. The lowest BCUT2D eigenvalue weighted by molar-refractivity contribution is 0.627. The Morgan fingerprint density at radius 1 is 1.40 bits per heavy atom. The third kappa shape index (κ3) is 3.25. The van der Waals surface area contributed by atoms with Crippen molar-refractivity contribution in [1.82, 2.24) is 9.78 Å². The van der Waals surface area contributed by atoms with Crippen LogP contribution in [0.3, 0.4) is 0 Å². The fraction of sp³-hybridized carbons (Fsp3) is 0.143. The van der Waals surface area contributed by atoms with Crippen LogP contribution in [-0.2, 0) is 13.1 Å². The Labute approximate surface area is 123 Å². The van der Waals surface area contributed by atoms with Gasteiger partial charge in [-0.25, -0.2) is 9.07 Å². The van der Waals surface area contributed by atoms with Crippen LogP contribution in [0.15, 0.2) is 39.7 Å². The first-order valence-corrected chi connectivity index (χ1v) is 6.58. The highest BCUT2D eigenvalue weighted by atomic mass is 79.9. The predicted octanol–water partition coefficient (Wildman–Crippen LogP) is 2.39. The van der Waals surface area contributed by atoms with Gasteiger partial charge in [-0.1, -0.05) is 18.1 Å². The van der Waals surface area contributed by atoms with E-state index in [9.17, 15) is 9.18 Å². The predicted molar refractivity (Wildman–Crippen MR) is 78.8 cm³/mol. The van der Waals surface area contributed by atoms with E-state index in [1.807, 2.05) is 0 Å². The van der Waals surface area contributed by atoms with Crippen molar-refractivity contribution in [3.8, 4) is 12.3 Å². The molecule has 0 atom stereocenters. The third-order valence-corrected chi connectivity index (χ3v) is 3.39. The molecule has 0 aliphatic rings. The fourth-order valence-corrected chi connectivity index (χ4v) is 2.03. The van der Waals surface area contributed by atoms with Crippen LogP contribution in [0, 0.1) is 18.2 Å². The number of terminal acetylenes is 1. The number of hydrogen-bond acceptors (Lipinski definition) is 3. The van der Waals surface area contributed by atoms with E-state index in [-0.39, 0.29) is 17.9 Å². The van der Waals surface area contributed by atoms with Crippen LogP contribution in [0.25, 0.3) is 0 Å². The summed E-state index contributed by atoms with van der Waals surface area (Å²) in [5.74, 6) is 2.07. The Kier molecular flexibility index (Phi) is 4.53. The van der Waals surface area contributed by atoms with Crippen LogP contribution >= 0.6 is 15.9 Å². The van der Waals surface area contributed by atoms with Gasteiger partial charge in [0, 0.05) is 6.54 Å². The molecule has 20 heavy (non-hydrogen) atoms. The molecule has 0 radical (unpaired) electrons. The summed E-state index contributed by atoms with van der Waals surface area (Å²) in [5.41, 5.74) is 1.16.